The van der Waals surface area contributed by atoms with Crippen molar-refractivity contribution in [3.8, 4) is 0 Å². The molecule has 2 N–H and O–H groups in total. The summed E-state index contributed by atoms with van der Waals surface area (Å²) in [5.41, 5.74) is 1.03. The van der Waals surface area contributed by atoms with Crippen LogP contribution in [0.25, 0.3) is 11.2 Å². The first-order chi connectivity index (χ1) is 15.3. The highest BCUT2D eigenvalue weighted by Crippen LogP contribution is 2.36. The van der Waals surface area contributed by atoms with Crippen LogP contribution in [0.15, 0.2) is 11.5 Å². The second-order valence-corrected chi connectivity index (χ2v) is 9.97. The number of nitrogens with one attached hydrogen (secondary N) is 1. The van der Waals surface area contributed by atoms with Crippen molar-refractivity contribution >= 4 is 49.1 Å². The quantitative estimate of drug-likeness (QED) is 0.185. The predicted octanol–water partition coefficient (Wildman–Crippen LogP) is 4.21. The van der Waals surface area contributed by atoms with E-state index in [0.717, 1.165) is 17.5 Å². The van der Waals surface area contributed by atoms with Gasteiger partial charge in [-0.3, -0.25) is 4.57 Å². The lowest BCUT2D eigenvalue weighted by molar-refractivity contribution is -0.129. The van der Waals surface area contributed by atoms with E-state index in [0.29, 0.717) is 36.4 Å². The summed E-state index contributed by atoms with van der Waals surface area (Å²) in [4.78, 5) is 22.7. The van der Waals surface area contributed by atoms with Crippen LogP contribution in [0.5, 0.6) is 0 Å². The van der Waals surface area contributed by atoms with E-state index in [1.165, 1.54) is 7.11 Å². The first kappa shape index (κ1) is 25.7. The molecule has 180 valence electrons. The standard InChI is InChI=1S/C17H25F3N5O4PS2/c1-27-30(26)28-9-11-3-4-12(29-11)25-10-22-13-14(21-6-8-31-2)23-16(24-15(13)25)32-7-5-17(18,19)20/h10-12,26H,3-9H2,1-2H3,(H,21,23,24). The Balaban J connectivity index is 1.78. The zero-order valence-corrected chi connectivity index (χ0v) is 20.1. The van der Waals surface area contributed by atoms with Crippen LogP contribution in [0, 0.1) is 0 Å². The van der Waals surface area contributed by atoms with Gasteiger partial charge in [0, 0.05) is 25.2 Å². The Kier molecular flexibility index (Phi) is 9.65. The molecule has 3 unspecified atom stereocenters. The zero-order valence-electron chi connectivity index (χ0n) is 17.5. The third kappa shape index (κ3) is 7.31. The maximum Gasteiger partial charge on any atom is 0.389 e. The molecule has 0 bridgehead atoms. The lowest BCUT2D eigenvalue weighted by Gasteiger charge is -2.16. The lowest BCUT2D eigenvalue weighted by atomic mass is 10.2. The van der Waals surface area contributed by atoms with Crippen LogP contribution in [0.3, 0.4) is 0 Å². The fraction of sp³-hybridized carbons (Fsp3) is 0.706. The average Bonchev–Trinajstić information content (AvgIpc) is 3.38. The number of ether oxygens (including phenoxy) is 1. The van der Waals surface area contributed by atoms with Crippen molar-refractivity contribution in [3.05, 3.63) is 6.33 Å². The molecule has 0 amide bonds. The first-order valence-corrected chi connectivity index (χ1v) is 13.3. The number of fused-ring (bicyclic) bond motifs is 1. The molecule has 0 spiro atoms. The van der Waals surface area contributed by atoms with Crippen molar-refractivity contribution in [2.45, 2.75) is 42.9 Å². The van der Waals surface area contributed by atoms with Crippen LogP contribution < -0.4 is 5.32 Å². The zero-order chi connectivity index (χ0) is 23.1. The van der Waals surface area contributed by atoms with Gasteiger partial charge in [0.15, 0.2) is 22.1 Å². The molecule has 0 saturated carbocycles. The van der Waals surface area contributed by atoms with E-state index in [-0.39, 0.29) is 29.8 Å². The normalized spacial score (nSPS) is 20.2. The van der Waals surface area contributed by atoms with Crippen molar-refractivity contribution in [2.24, 2.45) is 0 Å². The van der Waals surface area contributed by atoms with Gasteiger partial charge in [0.25, 0.3) is 0 Å². The molecule has 0 radical (unpaired) electrons. The molecular weight excluding hydrogens is 490 g/mol. The van der Waals surface area contributed by atoms with Crippen LogP contribution >= 0.6 is 32.1 Å². The van der Waals surface area contributed by atoms with Crippen LogP contribution in [0.1, 0.15) is 25.5 Å². The van der Waals surface area contributed by atoms with Crippen LogP contribution in [-0.2, 0) is 13.8 Å². The molecule has 1 aliphatic heterocycles. The number of nitrogens with zero attached hydrogens (tertiary/aromatic N) is 4. The number of aromatic nitrogens is 4. The van der Waals surface area contributed by atoms with Gasteiger partial charge in [-0.2, -0.15) is 24.9 Å². The number of hydrogen-bond donors (Lipinski definition) is 2. The Hall–Kier alpha value is -0.890. The average molecular weight is 516 g/mol. The molecule has 1 saturated heterocycles. The molecule has 1 aliphatic rings. The van der Waals surface area contributed by atoms with Gasteiger partial charge in [-0.25, -0.2) is 15.0 Å². The van der Waals surface area contributed by atoms with E-state index in [9.17, 15) is 18.1 Å². The summed E-state index contributed by atoms with van der Waals surface area (Å²) in [6.07, 6.45) is -0.782. The summed E-state index contributed by atoms with van der Waals surface area (Å²) < 4.78 is 55.4. The summed E-state index contributed by atoms with van der Waals surface area (Å²) in [5.74, 6) is 1.16. The molecule has 9 nitrogen and oxygen atoms in total. The number of alkyl halides is 3. The van der Waals surface area contributed by atoms with E-state index in [1.54, 1.807) is 22.7 Å². The third-order valence-corrected chi connectivity index (χ3v) is 6.68. The lowest BCUT2D eigenvalue weighted by Crippen LogP contribution is -2.16. The van der Waals surface area contributed by atoms with Gasteiger partial charge in [-0.15, -0.1) is 0 Å². The molecule has 0 aromatic carbocycles. The highest BCUT2D eigenvalue weighted by molar-refractivity contribution is 7.99. The summed E-state index contributed by atoms with van der Waals surface area (Å²) in [5, 5.41) is 3.45. The Morgan fingerprint density at radius 2 is 2.16 bits per heavy atom. The number of hydrogen-bond acceptors (Lipinski definition) is 10. The molecule has 1 fully saturated rings. The largest absolute Gasteiger partial charge is 0.389 e. The molecule has 15 heteroatoms. The Morgan fingerprint density at radius 3 is 2.88 bits per heavy atom. The number of rotatable bonds is 12. The Bertz CT molecular complexity index is 879. The van der Waals surface area contributed by atoms with E-state index >= 15 is 0 Å². The smallest absolute Gasteiger partial charge is 0.367 e. The summed E-state index contributed by atoms with van der Waals surface area (Å²) in [7, 11) is -0.568. The predicted molar refractivity (Wildman–Crippen MR) is 119 cm³/mol. The van der Waals surface area contributed by atoms with Crippen molar-refractivity contribution in [1.29, 1.82) is 0 Å². The molecule has 0 aliphatic carbocycles. The SMILES string of the molecule is COP(O)OCC1CCC(n2cnc3c(NCCSC)nc(SCCC(F)(F)F)nc32)O1. The van der Waals surface area contributed by atoms with Crippen molar-refractivity contribution in [1.82, 2.24) is 19.5 Å². The van der Waals surface area contributed by atoms with Gasteiger partial charge in [-0.1, -0.05) is 11.8 Å². The second kappa shape index (κ2) is 12.0. The highest BCUT2D eigenvalue weighted by Gasteiger charge is 2.30. The molecule has 32 heavy (non-hydrogen) atoms. The molecule has 3 rings (SSSR count). The van der Waals surface area contributed by atoms with Crippen LogP contribution in [0.4, 0.5) is 19.0 Å². The fourth-order valence-electron chi connectivity index (χ4n) is 3.04. The van der Waals surface area contributed by atoms with Gasteiger partial charge in [-0.05, 0) is 19.1 Å². The van der Waals surface area contributed by atoms with Gasteiger partial charge in [0.1, 0.15) is 6.23 Å². The molecule has 3 heterocycles. The van der Waals surface area contributed by atoms with E-state index < -0.39 is 21.2 Å². The minimum Gasteiger partial charge on any atom is -0.367 e. The fourth-order valence-corrected chi connectivity index (χ4v) is 4.57. The molecule has 3 atom stereocenters. The maximum atomic E-state index is 12.6. The molecular formula is C17H25F3N5O4PS2. The maximum absolute atomic E-state index is 12.6. The Morgan fingerprint density at radius 1 is 1.34 bits per heavy atom. The number of anilines is 1. The van der Waals surface area contributed by atoms with Crippen molar-refractivity contribution in [3.63, 3.8) is 0 Å². The second-order valence-electron chi connectivity index (χ2n) is 6.82. The highest BCUT2D eigenvalue weighted by atomic mass is 32.2. The monoisotopic (exact) mass is 515 g/mol. The van der Waals surface area contributed by atoms with E-state index in [1.807, 2.05) is 6.26 Å². The Labute approximate surface area is 193 Å². The number of imidazole rings is 1. The van der Waals surface area contributed by atoms with Gasteiger partial charge >= 0.3 is 14.8 Å². The van der Waals surface area contributed by atoms with E-state index in [2.05, 4.69) is 20.3 Å². The van der Waals surface area contributed by atoms with Crippen molar-refractivity contribution in [2.75, 3.05) is 43.3 Å². The summed E-state index contributed by atoms with van der Waals surface area (Å²) in [6.45, 7) is 0.823. The third-order valence-electron chi connectivity index (χ3n) is 4.54. The molecule has 2 aromatic rings. The minimum absolute atomic E-state index is 0.170. The number of halogens is 3. The van der Waals surface area contributed by atoms with Gasteiger partial charge < -0.3 is 24.0 Å². The van der Waals surface area contributed by atoms with Gasteiger partial charge in [0.2, 0.25) is 0 Å². The van der Waals surface area contributed by atoms with Crippen molar-refractivity contribution < 1.29 is 31.8 Å². The van der Waals surface area contributed by atoms with Gasteiger partial charge in [0.05, 0.1) is 25.5 Å². The number of thioether (sulfide) groups is 2. The van der Waals surface area contributed by atoms with Crippen LogP contribution in [-0.4, -0.2) is 74.7 Å². The minimum atomic E-state index is -4.23. The molecule has 2 aromatic heterocycles. The van der Waals surface area contributed by atoms with E-state index in [4.69, 9.17) is 13.8 Å². The van der Waals surface area contributed by atoms with Crippen LogP contribution in [0.2, 0.25) is 0 Å². The first-order valence-electron chi connectivity index (χ1n) is 9.79. The summed E-state index contributed by atoms with van der Waals surface area (Å²) >= 11 is 2.62. The summed E-state index contributed by atoms with van der Waals surface area (Å²) in [6, 6.07) is 0. The topological polar surface area (TPSA) is 104 Å².